The van der Waals surface area contributed by atoms with E-state index in [4.69, 9.17) is 0 Å². The second-order valence-corrected chi connectivity index (χ2v) is 100.0. The van der Waals surface area contributed by atoms with Crippen LogP contribution in [0.25, 0.3) is 34.4 Å². The third-order valence-corrected chi connectivity index (χ3v) is 58.7. The molecule has 234 valence electrons. The van der Waals surface area contributed by atoms with Crippen LogP contribution in [0.15, 0.2) is 84.9 Å². The van der Waals surface area contributed by atoms with Gasteiger partial charge in [-0.25, -0.2) is 0 Å². The first-order chi connectivity index (χ1) is 21.1. The Morgan fingerprint density at radius 1 is 0.556 bits per heavy atom. The van der Waals surface area contributed by atoms with E-state index >= 15 is 0 Å². The van der Waals surface area contributed by atoms with Crippen molar-refractivity contribution in [2.45, 2.75) is 85.9 Å². The van der Waals surface area contributed by atoms with Crippen LogP contribution in [-0.2, 0) is 14.2 Å². The molecule has 2 unspecified atom stereocenters. The fraction of sp³-hybridized carbons (Fsp3) is 0.349. The van der Waals surface area contributed by atoms with Gasteiger partial charge in [0, 0.05) is 0 Å². The van der Waals surface area contributed by atoms with Crippen LogP contribution < -0.4 is 0 Å². The van der Waals surface area contributed by atoms with Crippen molar-refractivity contribution in [1.82, 2.24) is 0 Å². The molecule has 0 heterocycles. The van der Waals surface area contributed by atoms with Crippen LogP contribution in [0.3, 0.4) is 0 Å². The van der Waals surface area contributed by atoms with Gasteiger partial charge in [0.25, 0.3) is 0 Å². The Labute approximate surface area is 269 Å². The number of benzene rings is 4. The zero-order chi connectivity index (χ0) is 32.3. The van der Waals surface area contributed by atoms with Gasteiger partial charge in [0.2, 0.25) is 0 Å². The van der Waals surface area contributed by atoms with E-state index in [0.29, 0.717) is 7.35 Å². The monoisotopic (exact) mass is 778 g/mol. The van der Waals surface area contributed by atoms with Gasteiger partial charge in [-0.2, -0.15) is 0 Å². The van der Waals surface area contributed by atoms with E-state index in [2.05, 4.69) is 153 Å². The Balaban J connectivity index is 1.59. The fourth-order valence-electron chi connectivity index (χ4n) is 10.0. The van der Waals surface area contributed by atoms with E-state index in [9.17, 15) is 0 Å². The molecule has 2 atom stereocenters. The molecule has 0 saturated heterocycles. The summed E-state index contributed by atoms with van der Waals surface area (Å²) in [6.45, 7) is 13.9. The summed E-state index contributed by atoms with van der Waals surface area (Å²) < 4.78 is 10.8. The molecule has 0 amide bonds. The molecule has 0 saturated carbocycles. The Kier molecular flexibility index (Phi) is 7.36. The van der Waals surface area contributed by atoms with Gasteiger partial charge in [-0.1, -0.05) is 0 Å². The van der Waals surface area contributed by atoms with Crippen LogP contribution in [0.4, 0.5) is 0 Å². The van der Waals surface area contributed by atoms with E-state index in [1.807, 2.05) is 0 Å². The number of aryl methyl sites for hydroxylation is 4. The van der Waals surface area contributed by atoms with Crippen LogP contribution >= 0.6 is 0 Å². The summed E-state index contributed by atoms with van der Waals surface area (Å²) in [5, 5.41) is 0. The quantitative estimate of drug-likeness (QED) is 0.117. The molecule has 0 spiro atoms. The molecule has 2 aliphatic rings. The summed E-state index contributed by atoms with van der Waals surface area (Å²) in [7, 11) is 0. The van der Waals surface area contributed by atoms with Crippen molar-refractivity contribution in [3.63, 3.8) is 0 Å². The molecule has 2 heteroatoms. The first kappa shape index (κ1) is 32.4. The van der Waals surface area contributed by atoms with Crippen molar-refractivity contribution in [2.75, 3.05) is 0 Å². The number of fused-ring (bicyclic) bond motifs is 2. The molecule has 2 aliphatic carbocycles. The second-order valence-electron chi connectivity index (χ2n) is 18.2. The van der Waals surface area contributed by atoms with Crippen LogP contribution in [0.2, 0.25) is 18.2 Å². The molecule has 4 aromatic rings. The minimum atomic E-state index is -4.98. The van der Waals surface area contributed by atoms with Gasteiger partial charge in [-0.3, -0.25) is 0 Å². The Hall–Kier alpha value is -2.55. The van der Waals surface area contributed by atoms with Gasteiger partial charge >= 0.3 is 271 Å². The Morgan fingerprint density at radius 3 is 1.36 bits per heavy atom. The van der Waals surface area contributed by atoms with Crippen molar-refractivity contribution in [1.29, 1.82) is 0 Å². The SMILES string of the molecule is CCCCC[CH2][Hf]([CH3])([CH3])([CH3])(=[SiH2])([CH]1C=Cc2c(-c3c(C)cccc3C)cccc21)[CH]1C=Cc2c(-c3c(C)cccc3C)cccc21. The maximum absolute atomic E-state index is 4.98. The molecular formula is C43H54HfSi. The van der Waals surface area contributed by atoms with E-state index in [-0.39, 0.29) is 0 Å². The summed E-state index contributed by atoms with van der Waals surface area (Å²) in [6, 6.07) is 27.9. The molecule has 0 aliphatic heterocycles. The van der Waals surface area contributed by atoms with Crippen molar-refractivity contribution in [3.05, 3.63) is 129 Å². The first-order valence-electron chi connectivity index (χ1n) is 17.5. The molecule has 0 N–H and O–H groups in total. The van der Waals surface area contributed by atoms with E-state index < -0.39 is 14.2 Å². The zero-order valence-corrected chi connectivity index (χ0v) is 34.1. The van der Waals surface area contributed by atoms with Crippen LogP contribution in [0, 0.1) is 27.7 Å². The third kappa shape index (κ3) is 5.01. The molecule has 0 fully saturated rings. The van der Waals surface area contributed by atoms with Gasteiger partial charge in [-0.05, 0) is 0 Å². The van der Waals surface area contributed by atoms with Gasteiger partial charge in [0.05, 0.1) is 0 Å². The molecule has 45 heavy (non-hydrogen) atoms. The molecule has 0 nitrogen and oxygen atoms in total. The van der Waals surface area contributed by atoms with Crippen LogP contribution in [-0.4, -0.2) is 6.94 Å². The molecular weight excluding hydrogens is 723 g/mol. The predicted molar refractivity (Wildman–Crippen MR) is 201 cm³/mol. The van der Waals surface area contributed by atoms with Crippen LogP contribution in [0.1, 0.15) is 84.5 Å². The van der Waals surface area contributed by atoms with E-state index in [0.717, 1.165) is 0 Å². The fourth-order valence-corrected chi connectivity index (χ4v) is 49.1. The summed E-state index contributed by atoms with van der Waals surface area (Å²) in [6.07, 6.45) is 15.6. The number of hydrogen-bond donors (Lipinski definition) is 0. The topological polar surface area (TPSA) is 0 Å². The average molecular weight is 777 g/mol. The number of rotatable bonds is 9. The normalized spacial score (nSPS) is 19.4. The summed E-state index contributed by atoms with van der Waals surface area (Å²) in [4.78, 5) is 0. The average Bonchev–Trinajstić information content (AvgIpc) is 3.63. The van der Waals surface area contributed by atoms with Crippen molar-refractivity contribution >= 4 is 19.1 Å². The number of hydrogen-bond acceptors (Lipinski definition) is 0. The van der Waals surface area contributed by atoms with Crippen molar-refractivity contribution in [3.8, 4) is 22.3 Å². The van der Waals surface area contributed by atoms with E-state index in [1.165, 1.54) is 85.5 Å². The second kappa shape index (κ2) is 10.2. The summed E-state index contributed by atoms with van der Waals surface area (Å²) in [5.41, 5.74) is 17.1. The van der Waals surface area contributed by atoms with Gasteiger partial charge < -0.3 is 0 Å². The van der Waals surface area contributed by atoms with Crippen molar-refractivity contribution < 1.29 is 14.2 Å². The maximum atomic E-state index is 2.86. The van der Waals surface area contributed by atoms with E-state index in [1.54, 1.807) is 11.1 Å². The van der Waals surface area contributed by atoms with Gasteiger partial charge in [-0.15, -0.1) is 0 Å². The molecule has 0 bridgehead atoms. The Morgan fingerprint density at radius 2 is 0.956 bits per heavy atom. The first-order valence-corrected chi connectivity index (χ1v) is 43.3. The summed E-state index contributed by atoms with van der Waals surface area (Å²) in [5.74, 6) is 0. The molecule has 0 aromatic heterocycles. The standard InChI is InChI=1S/2C17H15.C6H13.3CH3.Hf.H2Si/c2*1-12-6-3-7-13(2)17(12)16-11-5-9-14-8-4-10-15(14)16;1-3-5-6-4-2;;;;;/h2*3-11H,1-2H3;1,3-6H2,2H3;3*1H3;;1H2. The molecule has 6 rings (SSSR count). The number of unbranched alkanes of at least 4 members (excludes halogenated alkanes) is 3. The zero-order valence-electron chi connectivity index (χ0n) is 29.1. The van der Waals surface area contributed by atoms with Crippen molar-refractivity contribution in [2.24, 2.45) is 0 Å². The van der Waals surface area contributed by atoms with Gasteiger partial charge in [0.1, 0.15) is 0 Å². The van der Waals surface area contributed by atoms with Gasteiger partial charge in [0.15, 0.2) is 0 Å². The summed E-state index contributed by atoms with van der Waals surface area (Å²) >= 11 is -4.98. The predicted octanol–water partition coefficient (Wildman–Crippen LogP) is 12.5. The van der Waals surface area contributed by atoms with Crippen LogP contribution in [0.5, 0.6) is 0 Å². The Bertz CT molecular complexity index is 1860. The molecule has 0 radical (unpaired) electrons. The molecule has 4 aromatic carbocycles. The number of allylic oxidation sites excluding steroid dienone is 2. The minimum absolute atomic E-state index is 0.429. The third-order valence-electron chi connectivity index (χ3n) is 12.7.